The van der Waals surface area contributed by atoms with Crippen molar-refractivity contribution in [3.63, 3.8) is 0 Å². The number of aromatic nitrogens is 1. The van der Waals surface area contributed by atoms with Gasteiger partial charge >= 0.3 is 0 Å². The number of pyridine rings is 1. The molecule has 0 bridgehead atoms. The molecule has 28 heavy (non-hydrogen) atoms. The van der Waals surface area contributed by atoms with Crippen LogP contribution in [0.3, 0.4) is 0 Å². The number of benzene rings is 2. The Hall–Kier alpha value is -2.78. The summed E-state index contributed by atoms with van der Waals surface area (Å²) >= 11 is 1.82. The van der Waals surface area contributed by atoms with Crippen molar-refractivity contribution in [3.05, 3.63) is 87.9 Å². The summed E-state index contributed by atoms with van der Waals surface area (Å²) in [5.41, 5.74) is 5.86. The molecule has 2 heterocycles. The molecule has 0 saturated carbocycles. The highest BCUT2D eigenvalue weighted by Crippen LogP contribution is 2.43. The number of aryl methyl sites for hydroxylation is 3. The molecule has 2 aromatic carbocycles. The Bertz CT molecular complexity index is 1180. The second-order valence-corrected chi connectivity index (χ2v) is 8.48. The van der Waals surface area contributed by atoms with Crippen LogP contribution in [0.5, 0.6) is 0 Å². The van der Waals surface area contributed by atoms with E-state index >= 15 is 0 Å². The maximum absolute atomic E-state index is 13.6. The van der Waals surface area contributed by atoms with Crippen molar-refractivity contribution >= 4 is 27.3 Å². The van der Waals surface area contributed by atoms with Crippen LogP contribution in [0.15, 0.2) is 60.7 Å². The topological polar surface area (TPSA) is 30.0 Å². The van der Waals surface area contributed by atoms with Gasteiger partial charge in [0, 0.05) is 21.4 Å². The molecule has 0 radical (unpaired) electrons. The summed E-state index contributed by atoms with van der Waals surface area (Å²) in [7, 11) is 0. The Morgan fingerprint density at radius 1 is 0.929 bits per heavy atom. The average Bonchev–Trinajstić information content (AvgIpc) is 3.11. The van der Waals surface area contributed by atoms with Gasteiger partial charge in [0.2, 0.25) is 0 Å². The van der Waals surface area contributed by atoms with Crippen molar-refractivity contribution in [2.24, 2.45) is 0 Å². The van der Waals surface area contributed by atoms with Gasteiger partial charge in [-0.05, 0) is 43.7 Å². The zero-order chi connectivity index (χ0) is 19.1. The van der Waals surface area contributed by atoms with Gasteiger partial charge in [-0.1, -0.05) is 60.7 Å². The zero-order valence-electron chi connectivity index (χ0n) is 15.9. The average molecular weight is 384 g/mol. The van der Waals surface area contributed by atoms with Crippen LogP contribution in [-0.2, 0) is 12.8 Å². The number of thiophene rings is 1. The van der Waals surface area contributed by atoms with Gasteiger partial charge in [0.15, 0.2) is 5.78 Å². The lowest BCUT2D eigenvalue weighted by Crippen LogP contribution is -2.09. The molecule has 0 spiro atoms. The molecule has 0 amide bonds. The minimum atomic E-state index is 0.0575. The largest absolute Gasteiger partial charge is 0.289 e. The van der Waals surface area contributed by atoms with Crippen LogP contribution in [0.4, 0.5) is 0 Å². The number of nitrogens with zero attached hydrogens (tertiary/aromatic N) is 1. The summed E-state index contributed by atoms with van der Waals surface area (Å²) in [6.07, 6.45) is 4.67. The van der Waals surface area contributed by atoms with E-state index in [2.05, 4.69) is 12.1 Å². The Morgan fingerprint density at radius 2 is 1.61 bits per heavy atom. The van der Waals surface area contributed by atoms with Gasteiger partial charge in [0.05, 0.1) is 11.3 Å². The standard InChI is InChI=1S/C25H21NOS/c1-16-21(24(27)18-12-6-3-7-13-18)22(17-10-4-2-5-11-17)23-19-14-8-9-15-20(19)28-25(23)26-16/h2-7,10-13H,8-9,14-15H2,1H3. The van der Waals surface area contributed by atoms with Crippen LogP contribution in [0.1, 0.15) is 44.9 Å². The lowest BCUT2D eigenvalue weighted by Gasteiger charge is -2.16. The van der Waals surface area contributed by atoms with E-state index in [4.69, 9.17) is 4.98 Å². The van der Waals surface area contributed by atoms with Crippen molar-refractivity contribution in [2.45, 2.75) is 32.6 Å². The molecule has 138 valence electrons. The summed E-state index contributed by atoms with van der Waals surface area (Å²) in [4.78, 5) is 21.0. The molecular formula is C25H21NOS. The number of fused-ring (bicyclic) bond motifs is 3. The highest BCUT2D eigenvalue weighted by molar-refractivity contribution is 7.19. The zero-order valence-corrected chi connectivity index (χ0v) is 16.7. The summed E-state index contributed by atoms with van der Waals surface area (Å²) in [6, 6.07) is 19.9. The Kier molecular flexibility index (Phi) is 4.33. The molecule has 0 saturated heterocycles. The van der Waals surface area contributed by atoms with Crippen LogP contribution in [-0.4, -0.2) is 10.8 Å². The maximum atomic E-state index is 13.6. The minimum Gasteiger partial charge on any atom is -0.289 e. The first kappa shape index (κ1) is 17.3. The molecule has 0 aliphatic heterocycles. The third-order valence-electron chi connectivity index (χ3n) is 5.61. The first-order valence-electron chi connectivity index (χ1n) is 9.84. The van der Waals surface area contributed by atoms with Gasteiger partial charge in [0.25, 0.3) is 0 Å². The molecule has 3 heteroatoms. The number of ketones is 1. The van der Waals surface area contributed by atoms with E-state index < -0.39 is 0 Å². The van der Waals surface area contributed by atoms with Gasteiger partial charge in [-0.2, -0.15) is 0 Å². The third kappa shape index (κ3) is 2.78. The van der Waals surface area contributed by atoms with Crippen LogP contribution < -0.4 is 0 Å². The second-order valence-electron chi connectivity index (χ2n) is 7.40. The smallest absolute Gasteiger partial charge is 0.195 e. The monoisotopic (exact) mass is 383 g/mol. The minimum absolute atomic E-state index is 0.0575. The van der Waals surface area contributed by atoms with E-state index in [1.165, 1.54) is 28.7 Å². The van der Waals surface area contributed by atoms with E-state index in [0.29, 0.717) is 5.56 Å². The van der Waals surface area contributed by atoms with Crippen molar-refractivity contribution in [2.75, 3.05) is 0 Å². The van der Waals surface area contributed by atoms with E-state index in [-0.39, 0.29) is 5.78 Å². The third-order valence-corrected chi connectivity index (χ3v) is 6.79. The summed E-state index contributed by atoms with van der Waals surface area (Å²) < 4.78 is 0. The number of carbonyl (C=O) groups is 1. The maximum Gasteiger partial charge on any atom is 0.195 e. The van der Waals surface area contributed by atoms with Gasteiger partial charge in [-0.25, -0.2) is 4.98 Å². The molecule has 0 unspecified atom stereocenters. The van der Waals surface area contributed by atoms with Crippen LogP contribution in [0, 0.1) is 6.92 Å². The summed E-state index contributed by atoms with van der Waals surface area (Å²) in [5.74, 6) is 0.0575. The van der Waals surface area contributed by atoms with Crippen molar-refractivity contribution < 1.29 is 4.79 Å². The molecule has 1 aliphatic carbocycles. The molecule has 5 rings (SSSR count). The predicted octanol–water partition coefficient (Wildman–Crippen LogP) is 6.38. The van der Waals surface area contributed by atoms with Crippen LogP contribution in [0.25, 0.3) is 21.3 Å². The lowest BCUT2D eigenvalue weighted by atomic mass is 9.87. The van der Waals surface area contributed by atoms with Crippen molar-refractivity contribution in [1.82, 2.24) is 4.98 Å². The Labute approximate surface area is 168 Å². The first-order chi connectivity index (χ1) is 13.7. The molecular weight excluding hydrogens is 362 g/mol. The van der Waals surface area contributed by atoms with Gasteiger partial charge < -0.3 is 0 Å². The van der Waals surface area contributed by atoms with Crippen molar-refractivity contribution in [1.29, 1.82) is 0 Å². The second kappa shape index (κ2) is 6.99. The fraction of sp³-hybridized carbons (Fsp3) is 0.200. The first-order valence-corrected chi connectivity index (χ1v) is 10.7. The van der Waals surface area contributed by atoms with E-state index in [0.717, 1.165) is 40.1 Å². The number of hydrogen-bond donors (Lipinski definition) is 0. The van der Waals surface area contributed by atoms with Crippen molar-refractivity contribution in [3.8, 4) is 11.1 Å². The predicted molar refractivity (Wildman–Crippen MR) is 116 cm³/mol. The molecule has 0 N–H and O–H groups in total. The van der Waals surface area contributed by atoms with Gasteiger partial charge in [-0.3, -0.25) is 4.79 Å². The highest BCUT2D eigenvalue weighted by Gasteiger charge is 2.26. The fourth-order valence-electron chi connectivity index (χ4n) is 4.31. The normalized spacial score (nSPS) is 13.5. The molecule has 2 nitrogen and oxygen atoms in total. The Morgan fingerprint density at radius 3 is 2.36 bits per heavy atom. The lowest BCUT2D eigenvalue weighted by molar-refractivity contribution is 0.103. The molecule has 4 aromatic rings. The molecule has 0 atom stereocenters. The van der Waals surface area contributed by atoms with Crippen LogP contribution in [0.2, 0.25) is 0 Å². The summed E-state index contributed by atoms with van der Waals surface area (Å²) in [6.45, 7) is 1.97. The highest BCUT2D eigenvalue weighted by atomic mass is 32.1. The fourth-order valence-corrected chi connectivity index (χ4v) is 5.62. The SMILES string of the molecule is Cc1nc2sc3c(c2c(-c2ccccc2)c1C(=O)c1ccccc1)CCCC3. The van der Waals surface area contributed by atoms with E-state index in [9.17, 15) is 4.79 Å². The van der Waals surface area contributed by atoms with E-state index in [1.807, 2.05) is 66.8 Å². The molecule has 1 aliphatic rings. The number of carbonyl (C=O) groups excluding carboxylic acids is 1. The Balaban J connectivity index is 1.87. The van der Waals surface area contributed by atoms with Crippen LogP contribution >= 0.6 is 11.3 Å². The number of hydrogen-bond acceptors (Lipinski definition) is 3. The number of rotatable bonds is 3. The molecule has 2 aromatic heterocycles. The quantitative estimate of drug-likeness (QED) is 0.384. The van der Waals surface area contributed by atoms with Gasteiger partial charge in [-0.15, -0.1) is 11.3 Å². The van der Waals surface area contributed by atoms with E-state index in [1.54, 1.807) is 0 Å². The summed E-state index contributed by atoms with van der Waals surface area (Å²) in [5, 5.41) is 1.20. The molecule has 0 fully saturated rings. The van der Waals surface area contributed by atoms with Gasteiger partial charge in [0.1, 0.15) is 4.83 Å².